The molecule has 0 bridgehead atoms. The second-order valence-corrected chi connectivity index (χ2v) is 6.88. The van der Waals surface area contributed by atoms with Crippen molar-refractivity contribution in [2.24, 2.45) is 0 Å². The van der Waals surface area contributed by atoms with E-state index in [4.69, 9.17) is 0 Å². The van der Waals surface area contributed by atoms with Gasteiger partial charge in [0.15, 0.2) is 0 Å². The first-order chi connectivity index (χ1) is 10.7. The highest BCUT2D eigenvalue weighted by atomic mass is 79.9. The van der Waals surface area contributed by atoms with Gasteiger partial charge >= 0.3 is 0 Å². The molecule has 1 unspecified atom stereocenters. The average molecular weight is 374 g/mol. The monoisotopic (exact) mass is 373 g/mol. The number of amides is 1. The largest absolute Gasteiger partial charge is 0.310 e. The average Bonchev–Trinajstić information content (AvgIpc) is 3.16. The van der Waals surface area contributed by atoms with Gasteiger partial charge in [-0.25, -0.2) is 4.98 Å². The molecular weight excluding hydrogens is 362 g/mol. The molecule has 110 valence electrons. The van der Waals surface area contributed by atoms with Crippen LogP contribution in [0.1, 0.15) is 23.6 Å². The Morgan fingerprint density at radius 1 is 1.27 bits per heavy atom. The van der Waals surface area contributed by atoms with Crippen LogP contribution in [0.2, 0.25) is 0 Å². The van der Waals surface area contributed by atoms with Crippen molar-refractivity contribution in [2.45, 2.75) is 12.3 Å². The third-order valence-electron chi connectivity index (χ3n) is 3.82. The molecule has 1 aromatic carbocycles. The Labute approximate surface area is 139 Å². The summed E-state index contributed by atoms with van der Waals surface area (Å²) in [6.07, 6.45) is 2.22. The second kappa shape index (κ2) is 5.37. The van der Waals surface area contributed by atoms with Crippen molar-refractivity contribution >= 4 is 39.0 Å². The molecule has 1 N–H and O–H groups in total. The number of halogens is 1. The lowest BCUT2D eigenvalue weighted by Gasteiger charge is -2.22. The van der Waals surface area contributed by atoms with Crippen LogP contribution in [-0.2, 0) is 4.79 Å². The molecule has 3 aromatic rings. The first-order valence-electron chi connectivity index (χ1n) is 6.87. The quantitative estimate of drug-likeness (QED) is 0.732. The molecule has 0 fully saturated rings. The number of carbonyl (C=O) groups excluding carboxylic acids is 1. The number of imidazole rings is 1. The summed E-state index contributed by atoms with van der Waals surface area (Å²) in [5, 5.41) is 7.09. The maximum atomic E-state index is 12.1. The molecule has 1 aliphatic heterocycles. The number of rotatable bonds is 2. The van der Waals surface area contributed by atoms with Crippen LogP contribution in [0.25, 0.3) is 5.69 Å². The van der Waals surface area contributed by atoms with Gasteiger partial charge in [-0.3, -0.25) is 9.36 Å². The van der Waals surface area contributed by atoms with E-state index < -0.39 is 0 Å². The third-order valence-corrected chi connectivity index (χ3v) is 5.05. The number of benzene rings is 1. The molecule has 3 heterocycles. The van der Waals surface area contributed by atoms with E-state index in [-0.39, 0.29) is 11.8 Å². The van der Waals surface area contributed by atoms with Crippen molar-refractivity contribution in [1.82, 2.24) is 9.55 Å². The Morgan fingerprint density at radius 2 is 2.09 bits per heavy atom. The number of thiophene rings is 1. The van der Waals surface area contributed by atoms with Crippen molar-refractivity contribution in [2.75, 3.05) is 5.32 Å². The van der Waals surface area contributed by atoms with Gasteiger partial charge in [-0.05, 0) is 46.7 Å². The number of hydrogen-bond acceptors (Lipinski definition) is 3. The fourth-order valence-electron chi connectivity index (χ4n) is 2.75. The van der Waals surface area contributed by atoms with Gasteiger partial charge in [0.05, 0.1) is 5.69 Å². The van der Waals surface area contributed by atoms with E-state index in [1.165, 1.54) is 0 Å². The van der Waals surface area contributed by atoms with Crippen molar-refractivity contribution in [3.8, 4) is 5.69 Å². The Morgan fingerprint density at radius 3 is 2.82 bits per heavy atom. The van der Waals surface area contributed by atoms with E-state index in [1.54, 1.807) is 17.7 Å². The van der Waals surface area contributed by atoms with Crippen LogP contribution < -0.4 is 5.32 Å². The molecule has 4 nitrogen and oxygen atoms in total. The SMILES string of the molecule is O=C1CC(c2ccsc2)c2ncn(-c3ccc(Br)cc3)c2N1. The number of carbonyl (C=O) groups is 1. The molecule has 1 atom stereocenters. The van der Waals surface area contributed by atoms with Gasteiger partial charge in [0.25, 0.3) is 0 Å². The standard InChI is InChI=1S/C16H12BrN3OS/c17-11-1-3-12(4-2-11)20-9-18-15-13(10-5-6-22-8-10)7-14(21)19-16(15)20/h1-6,8-9,13H,7H2,(H,19,21). The van der Waals surface area contributed by atoms with Crippen LogP contribution in [0.3, 0.4) is 0 Å². The lowest BCUT2D eigenvalue weighted by molar-refractivity contribution is -0.116. The topological polar surface area (TPSA) is 46.9 Å². The van der Waals surface area contributed by atoms with Gasteiger partial charge in [0.1, 0.15) is 12.1 Å². The molecule has 2 aromatic heterocycles. The molecule has 0 spiro atoms. The summed E-state index contributed by atoms with van der Waals surface area (Å²) in [7, 11) is 0. The first kappa shape index (κ1) is 13.7. The molecule has 0 aliphatic carbocycles. The van der Waals surface area contributed by atoms with E-state index in [9.17, 15) is 4.79 Å². The zero-order valence-electron chi connectivity index (χ0n) is 11.5. The minimum atomic E-state index is 0.0301. The van der Waals surface area contributed by atoms with Gasteiger partial charge in [-0.15, -0.1) is 0 Å². The normalized spacial score (nSPS) is 17.1. The number of nitrogens with one attached hydrogen (secondary N) is 1. The van der Waals surface area contributed by atoms with Crippen LogP contribution in [0.15, 0.2) is 51.9 Å². The van der Waals surface area contributed by atoms with Crippen LogP contribution in [0.4, 0.5) is 5.82 Å². The smallest absolute Gasteiger partial charge is 0.226 e. The van der Waals surface area contributed by atoms with Crippen LogP contribution in [-0.4, -0.2) is 15.5 Å². The van der Waals surface area contributed by atoms with E-state index in [2.05, 4.69) is 37.7 Å². The number of anilines is 1. The van der Waals surface area contributed by atoms with Crippen molar-refractivity contribution in [3.05, 3.63) is 63.1 Å². The Kier molecular flexibility index (Phi) is 3.35. The highest BCUT2D eigenvalue weighted by Gasteiger charge is 2.31. The summed E-state index contributed by atoms with van der Waals surface area (Å²) in [5.74, 6) is 0.837. The molecule has 0 radical (unpaired) electrons. The number of hydrogen-bond donors (Lipinski definition) is 1. The molecule has 22 heavy (non-hydrogen) atoms. The number of fused-ring (bicyclic) bond motifs is 1. The van der Waals surface area contributed by atoms with E-state index in [0.29, 0.717) is 6.42 Å². The van der Waals surface area contributed by atoms with Crippen molar-refractivity contribution in [1.29, 1.82) is 0 Å². The molecule has 4 rings (SSSR count). The van der Waals surface area contributed by atoms with Crippen LogP contribution in [0.5, 0.6) is 0 Å². The fourth-order valence-corrected chi connectivity index (χ4v) is 3.73. The minimum Gasteiger partial charge on any atom is -0.310 e. The van der Waals surface area contributed by atoms with Gasteiger partial charge in [-0.1, -0.05) is 15.9 Å². The van der Waals surface area contributed by atoms with E-state index in [0.717, 1.165) is 27.2 Å². The lowest BCUT2D eigenvalue weighted by atomic mass is 9.92. The predicted octanol–water partition coefficient (Wildman–Crippen LogP) is 4.17. The van der Waals surface area contributed by atoms with Gasteiger partial charge in [-0.2, -0.15) is 11.3 Å². The summed E-state index contributed by atoms with van der Waals surface area (Å²) in [6, 6.07) is 10.0. The van der Waals surface area contributed by atoms with Gasteiger partial charge in [0.2, 0.25) is 5.91 Å². The zero-order chi connectivity index (χ0) is 15.1. The molecule has 0 saturated heterocycles. The summed E-state index contributed by atoms with van der Waals surface area (Å²) >= 11 is 5.08. The van der Waals surface area contributed by atoms with Crippen LogP contribution >= 0.6 is 27.3 Å². The van der Waals surface area contributed by atoms with Crippen molar-refractivity contribution in [3.63, 3.8) is 0 Å². The number of nitrogens with zero attached hydrogens (tertiary/aromatic N) is 2. The second-order valence-electron chi connectivity index (χ2n) is 5.19. The lowest BCUT2D eigenvalue weighted by Crippen LogP contribution is -2.24. The maximum Gasteiger partial charge on any atom is 0.226 e. The summed E-state index contributed by atoms with van der Waals surface area (Å²) < 4.78 is 2.95. The molecule has 1 aliphatic rings. The van der Waals surface area contributed by atoms with Crippen LogP contribution in [0, 0.1) is 0 Å². The molecular formula is C16H12BrN3OS. The maximum absolute atomic E-state index is 12.1. The molecule has 1 amide bonds. The Hall–Kier alpha value is -1.92. The highest BCUT2D eigenvalue weighted by Crippen LogP contribution is 2.37. The summed E-state index contributed by atoms with van der Waals surface area (Å²) in [4.78, 5) is 16.7. The minimum absolute atomic E-state index is 0.0301. The highest BCUT2D eigenvalue weighted by molar-refractivity contribution is 9.10. The van der Waals surface area contributed by atoms with Gasteiger partial charge < -0.3 is 5.32 Å². The third kappa shape index (κ3) is 2.28. The fraction of sp³-hybridized carbons (Fsp3) is 0.125. The first-order valence-corrected chi connectivity index (χ1v) is 8.61. The molecule has 6 heteroatoms. The Balaban J connectivity index is 1.82. The summed E-state index contributed by atoms with van der Waals surface area (Å²) in [6.45, 7) is 0. The predicted molar refractivity (Wildman–Crippen MR) is 90.7 cm³/mol. The summed E-state index contributed by atoms with van der Waals surface area (Å²) in [5.41, 5.74) is 3.06. The Bertz CT molecular complexity index is 824. The van der Waals surface area contributed by atoms with E-state index >= 15 is 0 Å². The number of aromatic nitrogens is 2. The molecule has 0 saturated carbocycles. The zero-order valence-corrected chi connectivity index (χ0v) is 13.9. The van der Waals surface area contributed by atoms with Gasteiger partial charge in [0, 0.05) is 22.5 Å². The van der Waals surface area contributed by atoms with Crippen molar-refractivity contribution < 1.29 is 4.79 Å². The van der Waals surface area contributed by atoms with E-state index in [1.807, 2.05) is 34.2 Å².